The lowest BCUT2D eigenvalue weighted by Gasteiger charge is -2.16. The van der Waals surface area contributed by atoms with Crippen LogP contribution < -0.4 is 15.0 Å². The first-order chi connectivity index (χ1) is 16.0. The first-order valence-corrected chi connectivity index (χ1v) is 11.1. The molecular weight excluding hydrogens is 420 g/mol. The zero-order valence-corrected chi connectivity index (χ0v) is 18.7. The number of aromatic nitrogens is 2. The molecule has 1 atom stereocenters. The molecule has 2 heterocycles. The molecule has 0 spiro atoms. The molecule has 2 aliphatic rings. The third-order valence-electron chi connectivity index (χ3n) is 6.23. The van der Waals surface area contributed by atoms with Crippen molar-refractivity contribution >= 4 is 17.7 Å². The number of nitrogens with zero attached hydrogens (tertiary/aromatic N) is 2. The van der Waals surface area contributed by atoms with E-state index in [9.17, 15) is 9.59 Å². The summed E-state index contributed by atoms with van der Waals surface area (Å²) in [4.78, 5) is 25.4. The molecular formula is C25H26N4O4. The SMILES string of the molecule is COc1ccccc1-c1n[nH]c2c1CCCc1ccc(N3CC(CNC(C)=O)OC3=O)cc1-2. The number of benzene rings is 2. The fourth-order valence-corrected chi connectivity index (χ4v) is 4.63. The number of carbonyl (C=O) groups excluding carboxylic acids is 2. The molecule has 2 aromatic carbocycles. The average Bonchev–Trinajstić information content (AvgIpc) is 3.36. The van der Waals surface area contributed by atoms with Crippen LogP contribution in [0.3, 0.4) is 0 Å². The minimum atomic E-state index is -0.404. The predicted octanol–water partition coefficient (Wildman–Crippen LogP) is 3.70. The van der Waals surface area contributed by atoms with E-state index in [1.54, 1.807) is 12.0 Å². The molecule has 1 aliphatic heterocycles. The third kappa shape index (κ3) is 3.92. The maximum absolute atomic E-state index is 12.5. The van der Waals surface area contributed by atoms with Crippen molar-refractivity contribution in [2.75, 3.05) is 25.1 Å². The predicted molar refractivity (Wildman–Crippen MR) is 124 cm³/mol. The van der Waals surface area contributed by atoms with Crippen LogP contribution in [-0.4, -0.2) is 48.5 Å². The van der Waals surface area contributed by atoms with Gasteiger partial charge in [-0.1, -0.05) is 18.2 Å². The number of hydrogen-bond acceptors (Lipinski definition) is 5. The lowest BCUT2D eigenvalue weighted by atomic mass is 9.98. The number of rotatable bonds is 5. The summed E-state index contributed by atoms with van der Waals surface area (Å²) in [5.41, 5.74) is 7.03. The van der Waals surface area contributed by atoms with Crippen LogP contribution in [-0.2, 0) is 22.4 Å². The summed E-state index contributed by atoms with van der Waals surface area (Å²) in [5, 5.41) is 10.6. The van der Waals surface area contributed by atoms with Crippen LogP contribution in [0.4, 0.5) is 10.5 Å². The summed E-state index contributed by atoms with van der Waals surface area (Å²) in [5.74, 6) is 0.641. The van der Waals surface area contributed by atoms with Crippen molar-refractivity contribution in [3.05, 3.63) is 53.6 Å². The molecule has 33 heavy (non-hydrogen) atoms. The van der Waals surface area contributed by atoms with Crippen LogP contribution in [0.5, 0.6) is 5.75 Å². The van der Waals surface area contributed by atoms with Crippen molar-refractivity contribution in [2.45, 2.75) is 32.3 Å². The van der Waals surface area contributed by atoms with Gasteiger partial charge in [0.15, 0.2) is 0 Å². The monoisotopic (exact) mass is 446 g/mol. The molecule has 2 amide bonds. The van der Waals surface area contributed by atoms with Gasteiger partial charge in [0.2, 0.25) is 5.91 Å². The summed E-state index contributed by atoms with van der Waals surface area (Å²) < 4.78 is 11.0. The van der Waals surface area contributed by atoms with E-state index in [4.69, 9.17) is 9.47 Å². The molecule has 0 radical (unpaired) electrons. The fraction of sp³-hybridized carbons (Fsp3) is 0.320. The Labute approximate surface area is 191 Å². The van der Waals surface area contributed by atoms with E-state index in [0.717, 1.165) is 58.8 Å². The van der Waals surface area contributed by atoms with Crippen LogP contribution >= 0.6 is 0 Å². The summed E-state index contributed by atoms with van der Waals surface area (Å²) in [6, 6.07) is 14.0. The smallest absolute Gasteiger partial charge is 0.414 e. The number of aryl methyl sites for hydroxylation is 1. The maximum Gasteiger partial charge on any atom is 0.414 e. The van der Waals surface area contributed by atoms with Crippen LogP contribution in [0.2, 0.25) is 0 Å². The summed E-state index contributed by atoms with van der Waals surface area (Å²) in [6.45, 7) is 2.14. The molecule has 0 bridgehead atoms. The zero-order chi connectivity index (χ0) is 22.9. The Morgan fingerprint density at radius 3 is 2.91 bits per heavy atom. The topological polar surface area (TPSA) is 96.6 Å². The van der Waals surface area contributed by atoms with Crippen molar-refractivity contribution in [3.63, 3.8) is 0 Å². The highest BCUT2D eigenvalue weighted by atomic mass is 16.6. The summed E-state index contributed by atoms with van der Waals surface area (Å²) >= 11 is 0. The Morgan fingerprint density at radius 1 is 1.24 bits per heavy atom. The van der Waals surface area contributed by atoms with E-state index in [0.29, 0.717) is 13.1 Å². The second kappa shape index (κ2) is 8.61. The number of nitrogens with one attached hydrogen (secondary N) is 2. The number of cyclic esters (lactones) is 1. The average molecular weight is 447 g/mol. The number of amides is 2. The van der Waals surface area contributed by atoms with Crippen molar-refractivity contribution in [2.24, 2.45) is 0 Å². The molecule has 1 aromatic heterocycles. The number of ether oxygens (including phenoxy) is 2. The van der Waals surface area contributed by atoms with Gasteiger partial charge in [-0.05, 0) is 49.1 Å². The van der Waals surface area contributed by atoms with E-state index in [1.807, 2.05) is 36.4 Å². The lowest BCUT2D eigenvalue weighted by molar-refractivity contribution is -0.119. The van der Waals surface area contributed by atoms with Gasteiger partial charge in [0.25, 0.3) is 0 Å². The number of aromatic amines is 1. The highest BCUT2D eigenvalue weighted by molar-refractivity contribution is 5.91. The molecule has 1 saturated heterocycles. The largest absolute Gasteiger partial charge is 0.496 e. The second-order valence-electron chi connectivity index (χ2n) is 8.37. The molecule has 1 aliphatic carbocycles. The van der Waals surface area contributed by atoms with Gasteiger partial charge < -0.3 is 14.8 Å². The van der Waals surface area contributed by atoms with Gasteiger partial charge in [-0.25, -0.2) is 4.79 Å². The highest BCUT2D eigenvalue weighted by Gasteiger charge is 2.33. The maximum atomic E-state index is 12.5. The van der Waals surface area contributed by atoms with E-state index in [-0.39, 0.29) is 12.0 Å². The highest BCUT2D eigenvalue weighted by Crippen LogP contribution is 2.40. The number of hydrogen-bond donors (Lipinski definition) is 2. The molecule has 3 aromatic rings. The molecule has 5 rings (SSSR count). The van der Waals surface area contributed by atoms with Gasteiger partial charge in [0, 0.05) is 29.3 Å². The quantitative estimate of drug-likeness (QED) is 0.623. The van der Waals surface area contributed by atoms with E-state index < -0.39 is 6.09 Å². The van der Waals surface area contributed by atoms with Gasteiger partial charge in [0.05, 0.1) is 31.6 Å². The minimum Gasteiger partial charge on any atom is -0.496 e. The van der Waals surface area contributed by atoms with Crippen LogP contribution in [0.15, 0.2) is 42.5 Å². The van der Waals surface area contributed by atoms with Gasteiger partial charge in [-0.15, -0.1) is 0 Å². The number of carbonyl (C=O) groups is 2. The van der Waals surface area contributed by atoms with Crippen molar-refractivity contribution < 1.29 is 19.1 Å². The first kappa shape index (κ1) is 21.1. The normalized spacial score (nSPS) is 17.1. The van der Waals surface area contributed by atoms with Gasteiger partial charge in [0.1, 0.15) is 11.9 Å². The molecule has 1 fully saturated rings. The Kier molecular flexibility index (Phi) is 5.50. The minimum absolute atomic E-state index is 0.146. The van der Waals surface area contributed by atoms with Gasteiger partial charge in [-0.3, -0.25) is 14.8 Å². The summed E-state index contributed by atoms with van der Waals surface area (Å²) in [6.07, 6.45) is 2.07. The first-order valence-electron chi connectivity index (χ1n) is 11.1. The van der Waals surface area contributed by atoms with Gasteiger partial charge in [-0.2, -0.15) is 5.10 Å². The molecule has 2 N–H and O–H groups in total. The number of fused-ring (bicyclic) bond motifs is 3. The lowest BCUT2D eigenvalue weighted by Crippen LogP contribution is -2.33. The van der Waals surface area contributed by atoms with E-state index in [1.165, 1.54) is 12.5 Å². The Morgan fingerprint density at radius 2 is 2.09 bits per heavy atom. The van der Waals surface area contributed by atoms with Crippen molar-refractivity contribution in [1.82, 2.24) is 15.5 Å². The van der Waals surface area contributed by atoms with E-state index >= 15 is 0 Å². The van der Waals surface area contributed by atoms with Crippen molar-refractivity contribution in [1.29, 1.82) is 0 Å². The number of H-pyrrole nitrogens is 1. The second-order valence-corrected chi connectivity index (χ2v) is 8.37. The molecule has 8 nitrogen and oxygen atoms in total. The molecule has 0 saturated carbocycles. The Balaban J connectivity index is 1.50. The molecule has 8 heteroatoms. The standard InChI is InChI=1S/C25H26N4O4/c1-15(30)26-13-18-14-29(25(31)33-18)17-11-10-16-6-5-8-20-23(27-28-24(20)21(16)12-17)19-7-3-4-9-22(19)32-2/h3-4,7,9-12,18H,5-6,8,13-14H2,1-2H3,(H,26,30)(H,27,28). The Hall–Kier alpha value is -3.81. The zero-order valence-electron chi connectivity index (χ0n) is 18.7. The number of anilines is 1. The van der Waals surface area contributed by atoms with Crippen LogP contribution in [0, 0.1) is 0 Å². The number of para-hydroxylation sites is 1. The molecule has 170 valence electrons. The van der Waals surface area contributed by atoms with Crippen LogP contribution in [0.1, 0.15) is 24.5 Å². The van der Waals surface area contributed by atoms with Crippen molar-refractivity contribution in [3.8, 4) is 28.3 Å². The molecule has 1 unspecified atom stereocenters. The van der Waals surface area contributed by atoms with E-state index in [2.05, 4.69) is 21.6 Å². The van der Waals surface area contributed by atoms with Crippen LogP contribution in [0.25, 0.3) is 22.5 Å². The Bertz CT molecular complexity index is 1220. The van der Waals surface area contributed by atoms with Gasteiger partial charge >= 0.3 is 6.09 Å². The number of methoxy groups -OCH3 is 1. The third-order valence-corrected chi connectivity index (χ3v) is 6.23. The summed E-state index contributed by atoms with van der Waals surface area (Å²) in [7, 11) is 1.67. The fourth-order valence-electron chi connectivity index (χ4n) is 4.63.